The molecule has 17 heavy (non-hydrogen) atoms. The van der Waals surface area contributed by atoms with Crippen LogP contribution in [0.4, 0.5) is 0 Å². The van der Waals surface area contributed by atoms with E-state index in [9.17, 15) is 4.79 Å². The third kappa shape index (κ3) is 3.09. The molecule has 1 N–H and O–H groups in total. The Morgan fingerprint density at radius 1 is 1.65 bits per heavy atom. The Bertz CT molecular complexity index is 372. The maximum absolute atomic E-state index is 11.0. The molecule has 1 aliphatic rings. The number of hydrogen-bond acceptors (Lipinski definition) is 4. The second kappa shape index (κ2) is 5.87. The number of methoxy groups -OCH3 is 1. The fraction of sp³-hybridized carbons (Fsp3) is 0.615. The van der Waals surface area contributed by atoms with Gasteiger partial charge in [0, 0.05) is 24.4 Å². The highest BCUT2D eigenvalue weighted by Gasteiger charge is 2.21. The zero-order valence-corrected chi connectivity index (χ0v) is 10.2. The predicted molar refractivity (Wildman–Crippen MR) is 63.6 cm³/mol. The molecule has 0 spiro atoms. The van der Waals surface area contributed by atoms with Crippen molar-refractivity contribution in [3.8, 4) is 0 Å². The maximum Gasteiger partial charge on any atom is 0.305 e. The minimum absolute atomic E-state index is 0.139. The van der Waals surface area contributed by atoms with Gasteiger partial charge >= 0.3 is 5.97 Å². The van der Waals surface area contributed by atoms with Crippen molar-refractivity contribution in [3.05, 3.63) is 23.7 Å². The van der Waals surface area contributed by atoms with Gasteiger partial charge in [-0.3, -0.25) is 4.79 Å². The number of aryl methyl sites for hydroxylation is 1. The van der Waals surface area contributed by atoms with E-state index in [4.69, 9.17) is 4.42 Å². The van der Waals surface area contributed by atoms with E-state index >= 15 is 0 Å². The summed E-state index contributed by atoms with van der Waals surface area (Å²) in [7, 11) is 1.43. The second-order valence-corrected chi connectivity index (χ2v) is 4.38. The lowest BCUT2D eigenvalue weighted by molar-refractivity contribution is -0.140. The largest absolute Gasteiger partial charge is 0.469 e. The summed E-state index contributed by atoms with van der Waals surface area (Å²) >= 11 is 0. The minimum atomic E-state index is -0.139. The minimum Gasteiger partial charge on any atom is -0.469 e. The quantitative estimate of drug-likeness (QED) is 0.630. The highest BCUT2D eigenvalue weighted by atomic mass is 16.5. The predicted octanol–water partition coefficient (Wildman–Crippen LogP) is 2.20. The molecular formula is C13H19NO3. The van der Waals surface area contributed by atoms with Gasteiger partial charge < -0.3 is 14.5 Å². The molecule has 0 saturated heterocycles. The molecule has 0 amide bonds. The molecule has 94 valence electrons. The molecule has 0 radical (unpaired) electrons. The summed E-state index contributed by atoms with van der Waals surface area (Å²) in [6.07, 6.45) is 6.41. The lowest BCUT2D eigenvalue weighted by Crippen LogP contribution is -2.25. The average Bonchev–Trinajstić information content (AvgIpc) is 2.83. The number of esters is 1. The second-order valence-electron chi connectivity index (χ2n) is 4.38. The van der Waals surface area contributed by atoms with Crippen LogP contribution in [0.25, 0.3) is 0 Å². The number of nitrogens with one attached hydrogen (secondary N) is 1. The van der Waals surface area contributed by atoms with E-state index in [0.29, 0.717) is 12.5 Å². The summed E-state index contributed by atoms with van der Waals surface area (Å²) in [4.78, 5) is 11.0. The van der Waals surface area contributed by atoms with Crippen molar-refractivity contribution < 1.29 is 13.9 Å². The molecule has 4 heteroatoms. The van der Waals surface area contributed by atoms with Crippen LogP contribution in [-0.2, 0) is 16.0 Å². The molecule has 1 atom stereocenters. The van der Waals surface area contributed by atoms with E-state index in [2.05, 4.69) is 10.1 Å². The van der Waals surface area contributed by atoms with Crippen molar-refractivity contribution in [1.29, 1.82) is 0 Å². The third-order valence-electron chi connectivity index (χ3n) is 3.23. The van der Waals surface area contributed by atoms with Gasteiger partial charge in [0.2, 0.25) is 0 Å². The van der Waals surface area contributed by atoms with Crippen LogP contribution >= 0.6 is 0 Å². The summed E-state index contributed by atoms with van der Waals surface area (Å²) in [6.45, 7) is 0.838. The molecule has 0 bridgehead atoms. The Labute approximate surface area is 101 Å². The van der Waals surface area contributed by atoms with Crippen LogP contribution in [0, 0.1) is 0 Å². The van der Waals surface area contributed by atoms with Crippen molar-refractivity contribution in [2.24, 2.45) is 0 Å². The Morgan fingerprint density at radius 3 is 3.35 bits per heavy atom. The van der Waals surface area contributed by atoms with E-state index in [1.165, 1.54) is 12.7 Å². The van der Waals surface area contributed by atoms with Gasteiger partial charge in [0.25, 0.3) is 0 Å². The molecule has 1 aliphatic carbocycles. The zero-order chi connectivity index (χ0) is 12.1. The van der Waals surface area contributed by atoms with E-state index in [1.54, 1.807) is 6.26 Å². The van der Waals surface area contributed by atoms with E-state index in [0.717, 1.165) is 38.0 Å². The van der Waals surface area contributed by atoms with Crippen molar-refractivity contribution >= 4 is 5.97 Å². The Hall–Kier alpha value is -1.29. The van der Waals surface area contributed by atoms with Crippen molar-refractivity contribution in [2.45, 2.75) is 38.1 Å². The molecule has 1 heterocycles. The molecule has 4 nitrogen and oxygen atoms in total. The number of carbonyl (C=O) groups is 1. The molecule has 0 aromatic carbocycles. The van der Waals surface area contributed by atoms with Gasteiger partial charge in [-0.05, 0) is 31.9 Å². The third-order valence-corrected chi connectivity index (χ3v) is 3.23. The maximum atomic E-state index is 11.0. The number of rotatable bonds is 5. The van der Waals surface area contributed by atoms with Crippen LogP contribution in [0.2, 0.25) is 0 Å². The summed E-state index contributed by atoms with van der Waals surface area (Å²) in [5.41, 5.74) is 1.29. The number of hydrogen-bond donors (Lipinski definition) is 1. The summed E-state index contributed by atoms with van der Waals surface area (Å²) in [5, 5.41) is 3.48. The van der Waals surface area contributed by atoms with Gasteiger partial charge in [-0.15, -0.1) is 0 Å². The Balaban J connectivity index is 1.76. The highest BCUT2D eigenvalue weighted by molar-refractivity contribution is 5.69. The van der Waals surface area contributed by atoms with Gasteiger partial charge in [-0.2, -0.15) is 0 Å². The lowest BCUT2D eigenvalue weighted by atomic mass is 9.93. The number of furan rings is 1. The van der Waals surface area contributed by atoms with Crippen LogP contribution < -0.4 is 5.32 Å². The monoisotopic (exact) mass is 237 g/mol. The molecule has 0 aliphatic heterocycles. The van der Waals surface area contributed by atoms with Crippen molar-refractivity contribution in [2.75, 3.05) is 13.7 Å². The molecule has 0 saturated carbocycles. The first kappa shape index (κ1) is 12.2. The van der Waals surface area contributed by atoms with Crippen molar-refractivity contribution in [1.82, 2.24) is 5.32 Å². The highest BCUT2D eigenvalue weighted by Crippen LogP contribution is 2.30. The lowest BCUT2D eigenvalue weighted by Gasteiger charge is -2.22. The van der Waals surface area contributed by atoms with Crippen LogP contribution in [-0.4, -0.2) is 19.6 Å². The van der Waals surface area contributed by atoms with Gasteiger partial charge in [-0.1, -0.05) is 0 Å². The summed E-state index contributed by atoms with van der Waals surface area (Å²) < 4.78 is 10.0. The van der Waals surface area contributed by atoms with Crippen molar-refractivity contribution in [3.63, 3.8) is 0 Å². The van der Waals surface area contributed by atoms with Crippen LogP contribution in [0.5, 0.6) is 0 Å². The van der Waals surface area contributed by atoms with E-state index in [-0.39, 0.29) is 5.97 Å². The fourth-order valence-corrected chi connectivity index (χ4v) is 2.31. The average molecular weight is 237 g/mol. The van der Waals surface area contributed by atoms with Gasteiger partial charge in [0.1, 0.15) is 5.76 Å². The normalized spacial score (nSPS) is 18.8. The van der Waals surface area contributed by atoms with Crippen LogP contribution in [0.15, 0.2) is 16.7 Å². The molecule has 2 rings (SSSR count). The van der Waals surface area contributed by atoms with Gasteiger partial charge in [0.15, 0.2) is 0 Å². The molecule has 1 aromatic rings. The van der Waals surface area contributed by atoms with E-state index in [1.807, 2.05) is 6.07 Å². The fourth-order valence-electron chi connectivity index (χ4n) is 2.31. The number of fused-ring (bicyclic) bond motifs is 1. The first-order chi connectivity index (χ1) is 8.31. The van der Waals surface area contributed by atoms with Crippen LogP contribution in [0.3, 0.4) is 0 Å². The summed E-state index contributed by atoms with van der Waals surface area (Å²) in [5.74, 6) is 0.973. The number of carbonyl (C=O) groups excluding carboxylic acids is 1. The summed E-state index contributed by atoms with van der Waals surface area (Å²) in [6, 6.07) is 2.43. The standard InChI is InChI=1S/C13H19NO3/c1-16-13(15)6-3-8-14-11-4-2-5-12-10(11)7-9-17-12/h7,9,11,14H,2-6,8H2,1H3. The molecule has 1 aromatic heterocycles. The zero-order valence-electron chi connectivity index (χ0n) is 10.2. The van der Waals surface area contributed by atoms with Gasteiger partial charge in [0.05, 0.1) is 13.4 Å². The topological polar surface area (TPSA) is 51.5 Å². The molecule has 1 unspecified atom stereocenters. The Kier molecular flexibility index (Phi) is 4.20. The van der Waals surface area contributed by atoms with Gasteiger partial charge in [-0.25, -0.2) is 0 Å². The van der Waals surface area contributed by atoms with E-state index < -0.39 is 0 Å². The first-order valence-electron chi connectivity index (χ1n) is 6.17. The smallest absolute Gasteiger partial charge is 0.305 e. The molecular weight excluding hydrogens is 218 g/mol. The van der Waals surface area contributed by atoms with Crippen LogP contribution in [0.1, 0.15) is 43.0 Å². The SMILES string of the molecule is COC(=O)CCCNC1CCCc2occc21. The number of ether oxygens (including phenoxy) is 1. The molecule has 0 fully saturated rings. The first-order valence-corrected chi connectivity index (χ1v) is 6.17. The Morgan fingerprint density at radius 2 is 2.53 bits per heavy atom.